The molecular formula is C18H14N4O3. The van der Waals surface area contributed by atoms with E-state index in [4.69, 9.17) is 20.6 Å². The Morgan fingerprint density at radius 2 is 2.04 bits per heavy atom. The number of primary amides is 1. The molecule has 0 saturated carbocycles. The van der Waals surface area contributed by atoms with Crippen LogP contribution in [0.1, 0.15) is 5.56 Å². The van der Waals surface area contributed by atoms with E-state index >= 15 is 0 Å². The number of pyridine rings is 1. The van der Waals surface area contributed by atoms with Gasteiger partial charge in [-0.2, -0.15) is 5.26 Å². The maximum absolute atomic E-state index is 11.0. The molecule has 1 aromatic carbocycles. The van der Waals surface area contributed by atoms with Gasteiger partial charge in [0.05, 0.1) is 12.0 Å². The normalized spacial score (nSPS) is 10.2. The Morgan fingerprint density at radius 3 is 2.72 bits per heavy atom. The minimum Gasteiger partial charge on any atom is -0.483 e. The summed E-state index contributed by atoms with van der Waals surface area (Å²) in [6.45, 7) is -0.256. The van der Waals surface area contributed by atoms with Crippen LogP contribution in [0, 0.1) is 11.3 Å². The van der Waals surface area contributed by atoms with E-state index in [9.17, 15) is 10.1 Å². The van der Waals surface area contributed by atoms with Gasteiger partial charge in [0.2, 0.25) is 0 Å². The second-order valence-electron chi connectivity index (χ2n) is 5.16. The number of aromatic nitrogens is 1. The van der Waals surface area contributed by atoms with Gasteiger partial charge in [-0.15, -0.1) is 0 Å². The maximum atomic E-state index is 11.0. The van der Waals surface area contributed by atoms with E-state index in [2.05, 4.69) is 4.98 Å². The summed E-state index contributed by atoms with van der Waals surface area (Å²) in [4.78, 5) is 15.3. The van der Waals surface area contributed by atoms with Gasteiger partial charge in [0.25, 0.3) is 5.91 Å². The zero-order valence-electron chi connectivity index (χ0n) is 13.1. The summed E-state index contributed by atoms with van der Waals surface area (Å²) in [5.74, 6) is 0.431. The molecule has 2 aromatic heterocycles. The summed E-state index contributed by atoms with van der Waals surface area (Å²) < 4.78 is 10.8. The number of benzene rings is 1. The smallest absolute Gasteiger partial charge is 0.255 e. The molecule has 0 saturated heterocycles. The van der Waals surface area contributed by atoms with Crippen LogP contribution in [0.15, 0.2) is 53.1 Å². The lowest BCUT2D eigenvalue weighted by Gasteiger charge is -2.12. The lowest BCUT2D eigenvalue weighted by Crippen LogP contribution is -2.20. The van der Waals surface area contributed by atoms with Crippen molar-refractivity contribution in [3.63, 3.8) is 0 Å². The van der Waals surface area contributed by atoms with E-state index in [0.29, 0.717) is 28.3 Å². The van der Waals surface area contributed by atoms with Crippen molar-refractivity contribution in [2.24, 2.45) is 5.73 Å². The van der Waals surface area contributed by atoms with E-state index in [0.717, 1.165) is 0 Å². The highest BCUT2D eigenvalue weighted by molar-refractivity contribution is 5.80. The molecule has 7 nitrogen and oxygen atoms in total. The van der Waals surface area contributed by atoms with E-state index in [-0.39, 0.29) is 18.0 Å². The van der Waals surface area contributed by atoms with Crippen LogP contribution in [0.2, 0.25) is 0 Å². The van der Waals surface area contributed by atoms with Gasteiger partial charge in [-0.25, -0.2) is 4.98 Å². The lowest BCUT2D eigenvalue weighted by atomic mass is 10.0. The number of carbonyl (C=O) groups excluding carboxylic acids is 1. The van der Waals surface area contributed by atoms with Crippen LogP contribution in [0.5, 0.6) is 5.75 Å². The van der Waals surface area contributed by atoms with Crippen molar-refractivity contribution >= 4 is 11.7 Å². The average molecular weight is 334 g/mol. The van der Waals surface area contributed by atoms with Gasteiger partial charge >= 0.3 is 0 Å². The highest BCUT2D eigenvalue weighted by atomic mass is 16.5. The summed E-state index contributed by atoms with van der Waals surface area (Å²) in [5, 5.41) is 9.37. The molecule has 4 N–H and O–H groups in total. The number of nitrogen functional groups attached to an aromatic ring is 1. The second-order valence-corrected chi connectivity index (χ2v) is 5.16. The molecule has 3 rings (SSSR count). The van der Waals surface area contributed by atoms with Crippen LogP contribution in [0.4, 0.5) is 5.82 Å². The summed E-state index contributed by atoms with van der Waals surface area (Å²) in [6.07, 6.45) is 1.51. The first kappa shape index (κ1) is 16.1. The van der Waals surface area contributed by atoms with E-state index in [1.807, 2.05) is 6.07 Å². The number of furan rings is 1. The number of nitrogens with two attached hydrogens (primary N) is 2. The standard InChI is InChI=1S/C18H14N4O3/c19-9-13-12(16-6-3-7-24-16)8-14(22-18(13)21)11-4-1-2-5-15(11)25-10-17(20)23/h1-8H,10H2,(H2,20,23)(H2,21,22). The number of hydrogen-bond acceptors (Lipinski definition) is 6. The van der Waals surface area contributed by atoms with Crippen LogP contribution in [0.25, 0.3) is 22.6 Å². The van der Waals surface area contributed by atoms with Gasteiger partial charge < -0.3 is 20.6 Å². The molecule has 0 aliphatic heterocycles. The van der Waals surface area contributed by atoms with Crippen molar-refractivity contribution in [3.05, 3.63) is 54.3 Å². The lowest BCUT2D eigenvalue weighted by molar-refractivity contribution is -0.119. The Bertz CT molecular complexity index is 959. The summed E-state index contributed by atoms with van der Waals surface area (Å²) in [6, 6.07) is 14.2. The van der Waals surface area contributed by atoms with Gasteiger partial charge in [-0.3, -0.25) is 4.79 Å². The number of carbonyl (C=O) groups is 1. The number of nitrogens with zero attached hydrogens (tertiary/aromatic N) is 2. The number of amides is 1. The third kappa shape index (κ3) is 3.28. The third-order valence-corrected chi connectivity index (χ3v) is 3.48. The Kier molecular flexibility index (Phi) is 4.35. The van der Waals surface area contributed by atoms with Crippen molar-refractivity contribution in [2.45, 2.75) is 0 Å². The quantitative estimate of drug-likeness (QED) is 0.737. The number of anilines is 1. The predicted molar refractivity (Wildman–Crippen MR) is 91.2 cm³/mol. The summed E-state index contributed by atoms with van der Waals surface area (Å²) in [5.41, 5.74) is 13.0. The Labute approximate surface area is 143 Å². The maximum Gasteiger partial charge on any atom is 0.255 e. The topological polar surface area (TPSA) is 128 Å². The molecular weight excluding hydrogens is 320 g/mol. The zero-order chi connectivity index (χ0) is 17.8. The highest BCUT2D eigenvalue weighted by Crippen LogP contribution is 2.35. The van der Waals surface area contributed by atoms with Gasteiger partial charge in [0.1, 0.15) is 29.0 Å². The molecule has 0 radical (unpaired) electrons. The van der Waals surface area contributed by atoms with E-state index in [1.54, 1.807) is 42.5 Å². The largest absolute Gasteiger partial charge is 0.483 e. The van der Waals surface area contributed by atoms with Gasteiger partial charge in [-0.1, -0.05) is 12.1 Å². The van der Waals surface area contributed by atoms with Crippen LogP contribution < -0.4 is 16.2 Å². The third-order valence-electron chi connectivity index (χ3n) is 3.48. The molecule has 0 aliphatic carbocycles. The number of para-hydroxylation sites is 1. The van der Waals surface area contributed by atoms with Crippen molar-refractivity contribution in [2.75, 3.05) is 12.3 Å². The number of nitriles is 1. The number of rotatable bonds is 5. The molecule has 25 heavy (non-hydrogen) atoms. The predicted octanol–water partition coefficient (Wildman–Crippen LogP) is 2.33. The SMILES string of the molecule is N#Cc1c(-c2ccco2)cc(-c2ccccc2OCC(N)=O)nc1N. The fourth-order valence-electron chi connectivity index (χ4n) is 2.40. The van der Waals surface area contributed by atoms with Crippen LogP contribution in [0.3, 0.4) is 0 Å². The summed E-state index contributed by atoms with van der Waals surface area (Å²) in [7, 11) is 0. The van der Waals surface area contributed by atoms with Crippen LogP contribution in [-0.2, 0) is 4.79 Å². The molecule has 0 atom stereocenters. The molecule has 0 bridgehead atoms. The van der Waals surface area contributed by atoms with E-state index in [1.165, 1.54) is 6.26 Å². The molecule has 0 spiro atoms. The van der Waals surface area contributed by atoms with Crippen LogP contribution >= 0.6 is 0 Å². The minimum atomic E-state index is -0.585. The molecule has 0 fully saturated rings. The van der Waals surface area contributed by atoms with E-state index < -0.39 is 5.91 Å². The highest BCUT2D eigenvalue weighted by Gasteiger charge is 2.17. The molecule has 124 valence electrons. The van der Waals surface area contributed by atoms with Gasteiger partial charge in [0, 0.05) is 11.1 Å². The summed E-state index contributed by atoms with van der Waals surface area (Å²) >= 11 is 0. The Hall–Kier alpha value is -3.79. The fourth-order valence-corrected chi connectivity index (χ4v) is 2.40. The minimum absolute atomic E-state index is 0.0797. The molecule has 3 aromatic rings. The zero-order valence-corrected chi connectivity index (χ0v) is 13.1. The van der Waals surface area contributed by atoms with Crippen molar-refractivity contribution in [3.8, 4) is 34.4 Å². The monoisotopic (exact) mass is 334 g/mol. The first-order chi connectivity index (χ1) is 12.1. The Morgan fingerprint density at radius 1 is 1.24 bits per heavy atom. The van der Waals surface area contributed by atoms with Crippen molar-refractivity contribution < 1.29 is 13.9 Å². The van der Waals surface area contributed by atoms with Gasteiger partial charge in [-0.05, 0) is 30.3 Å². The Balaban J connectivity index is 2.13. The second kappa shape index (κ2) is 6.76. The van der Waals surface area contributed by atoms with Crippen molar-refractivity contribution in [1.29, 1.82) is 5.26 Å². The van der Waals surface area contributed by atoms with Crippen molar-refractivity contribution in [1.82, 2.24) is 4.98 Å². The molecule has 7 heteroatoms. The fraction of sp³-hybridized carbons (Fsp3) is 0.0556. The van der Waals surface area contributed by atoms with Gasteiger partial charge in [0.15, 0.2) is 6.61 Å². The molecule has 2 heterocycles. The first-order valence-electron chi connectivity index (χ1n) is 7.35. The molecule has 0 aliphatic rings. The molecule has 1 amide bonds. The molecule has 0 unspecified atom stereocenters. The average Bonchev–Trinajstić information content (AvgIpc) is 3.14. The number of ether oxygens (including phenoxy) is 1. The first-order valence-corrected chi connectivity index (χ1v) is 7.35. The van der Waals surface area contributed by atoms with Crippen LogP contribution in [-0.4, -0.2) is 17.5 Å². The number of hydrogen-bond donors (Lipinski definition) is 2.